The van der Waals surface area contributed by atoms with E-state index in [1.165, 1.54) is 7.05 Å². The summed E-state index contributed by atoms with van der Waals surface area (Å²) in [6.07, 6.45) is 1.73. The second-order valence-corrected chi connectivity index (χ2v) is 4.14. The Morgan fingerprint density at radius 3 is 2.40 bits per heavy atom. The number of nitrogens with zero attached hydrogens (tertiary/aromatic N) is 1. The predicted octanol–water partition coefficient (Wildman–Crippen LogP) is 2.35. The van der Waals surface area contributed by atoms with Crippen molar-refractivity contribution in [2.75, 3.05) is 7.05 Å². The highest BCUT2D eigenvalue weighted by Crippen LogP contribution is 2.30. The Balaban J connectivity index is 2.30. The molecule has 1 aromatic rings. The third kappa shape index (κ3) is 1.94. The Labute approximate surface area is 91.8 Å². The molecule has 3 nitrogen and oxygen atoms in total. The van der Waals surface area contributed by atoms with Crippen LogP contribution in [0.15, 0.2) is 35.2 Å². The normalized spacial score (nSPS) is 19.0. The maximum absolute atomic E-state index is 11.5. The number of carbonyl (C=O) groups excluding carboxylic acids is 2. The highest BCUT2D eigenvalue weighted by molar-refractivity contribution is 8.18. The molecule has 2 amide bonds. The minimum absolute atomic E-state index is 0.220. The van der Waals surface area contributed by atoms with E-state index < -0.39 is 0 Å². The molecule has 0 atom stereocenters. The molecule has 0 aliphatic carbocycles. The molecular weight excluding hydrogens is 210 g/mol. The van der Waals surface area contributed by atoms with Crippen molar-refractivity contribution in [2.24, 2.45) is 0 Å². The fourth-order valence-electron chi connectivity index (χ4n) is 1.25. The van der Waals surface area contributed by atoms with Gasteiger partial charge >= 0.3 is 0 Å². The summed E-state index contributed by atoms with van der Waals surface area (Å²) >= 11 is 0.975. The van der Waals surface area contributed by atoms with Crippen molar-refractivity contribution in [3.63, 3.8) is 0 Å². The zero-order valence-electron chi connectivity index (χ0n) is 8.14. The van der Waals surface area contributed by atoms with Crippen LogP contribution in [0.5, 0.6) is 0 Å². The van der Waals surface area contributed by atoms with Gasteiger partial charge in [0.25, 0.3) is 11.1 Å². The average molecular weight is 219 g/mol. The maximum Gasteiger partial charge on any atom is 0.293 e. The lowest BCUT2D eigenvalue weighted by molar-refractivity contribution is -0.121. The summed E-state index contributed by atoms with van der Waals surface area (Å²) in [4.78, 5) is 24.4. The Bertz CT molecular complexity index is 439. The summed E-state index contributed by atoms with van der Waals surface area (Å²) in [7, 11) is 1.49. The average Bonchev–Trinajstić information content (AvgIpc) is 2.48. The molecule has 1 saturated heterocycles. The van der Waals surface area contributed by atoms with Gasteiger partial charge in [0, 0.05) is 7.05 Å². The summed E-state index contributed by atoms with van der Waals surface area (Å²) in [5.41, 5.74) is 0.927. The van der Waals surface area contributed by atoms with E-state index in [4.69, 9.17) is 0 Å². The maximum atomic E-state index is 11.5. The SMILES string of the molecule is CN1C(=O)S/C(=C\c2ccccc2)C1=O. The fraction of sp³-hybridized carbons (Fsp3) is 0.0909. The van der Waals surface area contributed by atoms with Gasteiger partial charge < -0.3 is 0 Å². The number of hydrogen-bond donors (Lipinski definition) is 0. The minimum atomic E-state index is -0.228. The Hall–Kier alpha value is -1.55. The van der Waals surface area contributed by atoms with Crippen molar-refractivity contribution in [1.82, 2.24) is 4.90 Å². The number of carbonyl (C=O) groups is 2. The molecule has 1 aromatic carbocycles. The highest BCUT2D eigenvalue weighted by atomic mass is 32.2. The molecule has 0 unspecified atom stereocenters. The molecule has 0 N–H and O–H groups in total. The van der Waals surface area contributed by atoms with Gasteiger partial charge in [-0.15, -0.1) is 0 Å². The van der Waals surface area contributed by atoms with Crippen LogP contribution in [0.3, 0.4) is 0 Å². The molecular formula is C11H9NO2S. The van der Waals surface area contributed by atoms with Crippen LogP contribution in [0.1, 0.15) is 5.56 Å². The molecule has 1 fully saturated rings. The number of likely N-dealkylation sites (N-methyl/N-ethyl adjacent to an activating group) is 1. The first-order valence-electron chi connectivity index (χ1n) is 4.45. The van der Waals surface area contributed by atoms with Gasteiger partial charge in [-0.3, -0.25) is 14.5 Å². The Morgan fingerprint density at radius 2 is 1.87 bits per heavy atom. The summed E-state index contributed by atoms with van der Waals surface area (Å²) in [6.45, 7) is 0. The van der Waals surface area contributed by atoms with Gasteiger partial charge in [-0.2, -0.15) is 0 Å². The smallest absolute Gasteiger partial charge is 0.272 e. The molecule has 0 aromatic heterocycles. The van der Waals surface area contributed by atoms with Crippen molar-refractivity contribution in [2.45, 2.75) is 0 Å². The molecule has 0 saturated carbocycles. The second kappa shape index (κ2) is 3.90. The van der Waals surface area contributed by atoms with Crippen LogP contribution in [-0.4, -0.2) is 23.1 Å². The van der Waals surface area contributed by atoms with Gasteiger partial charge in [-0.05, 0) is 23.4 Å². The third-order valence-corrected chi connectivity index (χ3v) is 3.04. The van der Waals surface area contributed by atoms with E-state index in [1.807, 2.05) is 30.3 Å². The molecule has 1 aliphatic heterocycles. The fourth-order valence-corrected chi connectivity index (χ4v) is 2.07. The molecule has 0 bridgehead atoms. The number of thioether (sulfide) groups is 1. The molecule has 2 rings (SSSR count). The van der Waals surface area contributed by atoms with E-state index >= 15 is 0 Å². The first-order valence-corrected chi connectivity index (χ1v) is 5.27. The van der Waals surface area contributed by atoms with E-state index in [0.29, 0.717) is 4.91 Å². The van der Waals surface area contributed by atoms with E-state index in [2.05, 4.69) is 0 Å². The molecule has 1 aliphatic rings. The highest BCUT2D eigenvalue weighted by Gasteiger charge is 2.31. The van der Waals surface area contributed by atoms with Crippen molar-refractivity contribution in [1.29, 1.82) is 0 Å². The molecule has 15 heavy (non-hydrogen) atoms. The molecule has 0 radical (unpaired) electrons. The number of amides is 2. The van der Waals surface area contributed by atoms with Crippen LogP contribution in [0.25, 0.3) is 6.08 Å². The van der Waals surface area contributed by atoms with Crippen LogP contribution < -0.4 is 0 Å². The van der Waals surface area contributed by atoms with Gasteiger partial charge in [0.05, 0.1) is 4.91 Å². The molecule has 76 valence electrons. The first-order chi connectivity index (χ1) is 7.18. The minimum Gasteiger partial charge on any atom is -0.272 e. The largest absolute Gasteiger partial charge is 0.293 e. The van der Waals surface area contributed by atoms with Crippen LogP contribution >= 0.6 is 11.8 Å². The first kappa shape index (κ1) is 9.98. The van der Waals surface area contributed by atoms with Gasteiger partial charge in [0.1, 0.15) is 0 Å². The van der Waals surface area contributed by atoms with Gasteiger partial charge in [0.15, 0.2) is 0 Å². The topological polar surface area (TPSA) is 37.4 Å². The van der Waals surface area contributed by atoms with Crippen molar-refractivity contribution < 1.29 is 9.59 Å². The van der Waals surface area contributed by atoms with Crippen molar-refractivity contribution in [3.05, 3.63) is 40.8 Å². The third-order valence-electron chi connectivity index (χ3n) is 2.08. The quantitative estimate of drug-likeness (QED) is 0.680. The lowest BCUT2D eigenvalue weighted by atomic mass is 10.2. The van der Waals surface area contributed by atoms with Crippen LogP contribution in [0, 0.1) is 0 Å². The number of hydrogen-bond acceptors (Lipinski definition) is 3. The van der Waals surface area contributed by atoms with Gasteiger partial charge in [-0.25, -0.2) is 0 Å². The van der Waals surface area contributed by atoms with Gasteiger partial charge in [-0.1, -0.05) is 30.3 Å². The summed E-state index contributed by atoms with van der Waals surface area (Å²) in [5, 5.41) is -0.220. The number of imide groups is 1. The molecule has 0 spiro atoms. The Kier molecular flexibility index (Phi) is 2.60. The lowest BCUT2D eigenvalue weighted by Crippen LogP contribution is -2.22. The van der Waals surface area contributed by atoms with E-state index in [-0.39, 0.29) is 11.1 Å². The lowest BCUT2D eigenvalue weighted by Gasteiger charge is -2.00. The second-order valence-electron chi connectivity index (χ2n) is 3.15. The Morgan fingerprint density at radius 1 is 1.20 bits per heavy atom. The monoisotopic (exact) mass is 219 g/mol. The summed E-state index contributed by atoms with van der Waals surface area (Å²) in [5.74, 6) is -0.228. The van der Waals surface area contributed by atoms with E-state index in [1.54, 1.807) is 6.08 Å². The summed E-state index contributed by atoms with van der Waals surface area (Å²) < 4.78 is 0. The van der Waals surface area contributed by atoms with Crippen LogP contribution in [0.4, 0.5) is 4.79 Å². The summed E-state index contributed by atoms with van der Waals surface area (Å²) in [6, 6.07) is 9.47. The molecule has 1 heterocycles. The van der Waals surface area contributed by atoms with Crippen LogP contribution in [0.2, 0.25) is 0 Å². The van der Waals surface area contributed by atoms with Crippen LogP contribution in [-0.2, 0) is 4.79 Å². The van der Waals surface area contributed by atoms with E-state index in [0.717, 1.165) is 22.2 Å². The zero-order chi connectivity index (χ0) is 10.8. The zero-order valence-corrected chi connectivity index (χ0v) is 8.95. The van der Waals surface area contributed by atoms with Crippen molar-refractivity contribution in [3.8, 4) is 0 Å². The predicted molar refractivity (Wildman–Crippen MR) is 60.2 cm³/mol. The molecule has 4 heteroatoms. The number of rotatable bonds is 1. The van der Waals surface area contributed by atoms with Gasteiger partial charge in [0.2, 0.25) is 0 Å². The van der Waals surface area contributed by atoms with Crippen molar-refractivity contribution >= 4 is 29.0 Å². The van der Waals surface area contributed by atoms with E-state index in [9.17, 15) is 9.59 Å². The number of benzene rings is 1. The standard InChI is InChI=1S/C11H9NO2S/c1-12-10(13)9(15-11(12)14)7-8-5-3-2-4-6-8/h2-7H,1H3/b9-7-.